The highest BCUT2D eigenvalue weighted by Crippen LogP contribution is 2.32. The van der Waals surface area contributed by atoms with Crippen LogP contribution in [0.4, 0.5) is 13.2 Å². The van der Waals surface area contributed by atoms with Crippen molar-refractivity contribution in [1.82, 2.24) is 5.32 Å². The van der Waals surface area contributed by atoms with E-state index in [-0.39, 0.29) is 16.6 Å². The second-order valence-electron chi connectivity index (χ2n) is 4.87. The zero-order valence-electron chi connectivity index (χ0n) is 10.6. The van der Waals surface area contributed by atoms with E-state index in [0.717, 1.165) is 12.1 Å². The summed E-state index contributed by atoms with van der Waals surface area (Å²) in [7, 11) is 0. The number of nitrogens with one attached hydrogen (secondary N) is 1. The van der Waals surface area contributed by atoms with Crippen molar-refractivity contribution in [1.29, 1.82) is 0 Å². The highest BCUT2D eigenvalue weighted by atomic mass is 35.5. The van der Waals surface area contributed by atoms with E-state index in [4.69, 9.17) is 16.7 Å². The topological polar surface area (TPSA) is 66.4 Å². The fourth-order valence-corrected chi connectivity index (χ4v) is 2.34. The Morgan fingerprint density at radius 2 is 1.90 bits per heavy atom. The van der Waals surface area contributed by atoms with Crippen molar-refractivity contribution in [3.05, 3.63) is 34.3 Å². The van der Waals surface area contributed by atoms with Gasteiger partial charge in [0.1, 0.15) is 0 Å². The Hall–Kier alpha value is -1.76. The van der Waals surface area contributed by atoms with Crippen LogP contribution < -0.4 is 5.32 Å². The SMILES string of the molecule is O=C(NC1CC(C(=O)O)C1)c1ccc(C(F)(F)F)cc1Cl. The number of carbonyl (C=O) groups excluding carboxylic acids is 1. The molecule has 0 heterocycles. The minimum atomic E-state index is -4.53. The van der Waals surface area contributed by atoms with E-state index in [1.807, 2.05) is 0 Å². The number of carboxylic acid groups (broad SMARTS) is 1. The van der Waals surface area contributed by atoms with Gasteiger partial charge in [0.05, 0.1) is 22.1 Å². The Kier molecular flexibility index (Phi) is 4.13. The van der Waals surface area contributed by atoms with E-state index in [0.29, 0.717) is 18.9 Å². The van der Waals surface area contributed by atoms with Crippen molar-refractivity contribution in [3.8, 4) is 0 Å². The van der Waals surface area contributed by atoms with Crippen molar-refractivity contribution in [3.63, 3.8) is 0 Å². The van der Waals surface area contributed by atoms with E-state index in [1.54, 1.807) is 0 Å². The molecule has 8 heteroatoms. The predicted octanol–water partition coefficient (Wildman–Crippen LogP) is 2.95. The Morgan fingerprint density at radius 1 is 1.29 bits per heavy atom. The Balaban J connectivity index is 2.02. The molecule has 0 bridgehead atoms. The number of carboxylic acids is 1. The first-order chi connectivity index (χ1) is 9.68. The van der Waals surface area contributed by atoms with Gasteiger partial charge in [-0.25, -0.2) is 0 Å². The first-order valence-corrected chi connectivity index (χ1v) is 6.46. The summed E-state index contributed by atoms with van der Waals surface area (Å²) in [5.74, 6) is -2.02. The van der Waals surface area contributed by atoms with E-state index in [2.05, 4.69) is 5.32 Å². The normalized spacial score (nSPS) is 21.5. The fourth-order valence-electron chi connectivity index (χ4n) is 2.08. The first-order valence-electron chi connectivity index (χ1n) is 6.09. The van der Waals surface area contributed by atoms with E-state index < -0.39 is 29.5 Å². The van der Waals surface area contributed by atoms with Gasteiger partial charge < -0.3 is 10.4 Å². The molecule has 0 aliphatic heterocycles. The van der Waals surface area contributed by atoms with Gasteiger partial charge >= 0.3 is 12.1 Å². The number of alkyl halides is 3. The number of amides is 1. The molecule has 1 aromatic carbocycles. The smallest absolute Gasteiger partial charge is 0.416 e. The number of hydrogen-bond donors (Lipinski definition) is 2. The molecule has 1 aliphatic rings. The highest BCUT2D eigenvalue weighted by Gasteiger charge is 2.36. The predicted molar refractivity (Wildman–Crippen MR) is 68.1 cm³/mol. The van der Waals surface area contributed by atoms with Crippen molar-refractivity contribution in [2.45, 2.75) is 25.1 Å². The third-order valence-electron chi connectivity index (χ3n) is 3.36. The maximum atomic E-state index is 12.5. The molecule has 2 N–H and O–H groups in total. The quantitative estimate of drug-likeness (QED) is 0.899. The molecule has 0 atom stereocenters. The zero-order valence-corrected chi connectivity index (χ0v) is 11.3. The van der Waals surface area contributed by atoms with Crippen LogP contribution in [0.5, 0.6) is 0 Å². The van der Waals surface area contributed by atoms with Gasteiger partial charge in [-0.05, 0) is 31.0 Å². The lowest BCUT2D eigenvalue weighted by atomic mass is 9.80. The third-order valence-corrected chi connectivity index (χ3v) is 3.68. The standard InChI is InChI=1S/C13H11ClF3NO3/c14-10-5-7(13(15,16)17)1-2-9(10)11(19)18-8-3-6(4-8)12(20)21/h1-2,5-6,8H,3-4H2,(H,18,19)(H,20,21). The number of carbonyl (C=O) groups is 2. The summed E-state index contributed by atoms with van der Waals surface area (Å²) < 4.78 is 37.4. The van der Waals surface area contributed by atoms with Crippen LogP contribution in [0.1, 0.15) is 28.8 Å². The number of rotatable bonds is 3. The largest absolute Gasteiger partial charge is 0.481 e. The van der Waals surface area contributed by atoms with Gasteiger partial charge in [-0.15, -0.1) is 0 Å². The molecule has 0 spiro atoms. The molecule has 114 valence electrons. The summed E-state index contributed by atoms with van der Waals surface area (Å²) in [5.41, 5.74) is -0.998. The van der Waals surface area contributed by atoms with Gasteiger partial charge in [-0.3, -0.25) is 9.59 Å². The third kappa shape index (κ3) is 3.47. The molecule has 0 radical (unpaired) electrons. The van der Waals surface area contributed by atoms with Crippen LogP contribution in [-0.4, -0.2) is 23.0 Å². The maximum absolute atomic E-state index is 12.5. The summed E-state index contributed by atoms with van der Waals surface area (Å²) in [6.07, 6.45) is -3.92. The Morgan fingerprint density at radius 3 is 2.38 bits per heavy atom. The summed E-state index contributed by atoms with van der Waals surface area (Å²) in [5, 5.41) is 11.0. The summed E-state index contributed by atoms with van der Waals surface area (Å²) in [6.45, 7) is 0. The molecule has 1 amide bonds. The molecule has 2 rings (SSSR count). The lowest BCUT2D eigenvalue weighted by Crippen LogP contribution is -2.46. The summed E-state index contributed by atoms with van der Waals surface area (Å²) in [4.78, 5) is 22.5. The molecule has 0 saturated heterocycles. The van der Waals surface area contributed by atoms with Crippen molar-refractivity contribution >= 4 is 23.5 Å². The Labute approximate surface area is 122 Å². The molecule has 0 aromatic heterocycles. The Bertz CT molecular complexity index is 583. The molecule has 1 saturated carbocycles. The molecule has 4 nitrogen and oxygen atoms in total. The second-order valence-corrected chi connectivity index (χ2v) is 5.28. The molecular formula is C13H11ClF3NO3. The fraction of sp³-hybridized carbons (Fsp3) is 0.385. The summed E-state index contributed by atoms with van der Waals surface area (Å²) >= 11 is 5.70. The number of halogens is 4. The monoisotopic (exact) mass is 321 g/mol. The van der Waals surface area contributed by atoms with Gasteiger partial charge in [0, 0.05) is 6.04 Å². The van der Waals surface area contributed by atoms with Gasteiger partial charge in [0.2, 0.25) is 0 Å². The van der Waals surface area contributed by atoms with E-state index in [1.165, 1.54) is 0 Å². The molecular weight excluding hydrogens is 311 g/mol. The second kappa shape index (κ2) is 5.55. The lowest BCUT2D eigenvalue weighted by Gasteiger charge is -2.32. The first kappa shape index (κ1) is 15.6. The minimum absolute atomic E-state index is 0.0663. The molecule has 21 heavy (non-hydrogen) atoms. The van der Waals surface area contributed by atoms with Crippen molar-refractivity contribution in [2.24, 2.45) is 5.92 Å². The van der Waals surface area contributed by atoms with Crippen LogP contribution >= 0.6 is 11.6 Å². The van der Waals surface area contributed by atoms with Crippen molar-refractivity contribution < 1.29 is 27.9 Å². The van der Waals surface area contributed by atoms with Crippen LogP contribution in [0, 0.1) is 5.92 Å². The van der Waals surface area contributed by atoms with Gasteiger partial charge in [0.15, 0.2) is 0 Å². The molecule has 1 aromatic rings. The van der Waals surface area contributed by atoms with Crippen LogP contribution in [0.25, 0.3) is 0 Å². The average molecular weight is 322 g/mol. The van der Waals surface area contributed by atoms with Crippen molar-refractivity contribution in [2.75, 3.05) is 0 Å². The molecule has 0 unspecified atom stereocenters. The van der Waals surface area contributed by atoms with Crippen LogP contribution in [0.3, 0.4) is 0 Å². The van der Waals surface area contributed by atoms with Crippen LogP contribution in [0.2, 0.25) is 5.02 Å². The highest BCUT2D eigenvalue weighted by molar-refractivity contribution is 6.33. The summed E-state index contributed by atoms with van der Waals surface area (Å²) in [6, 6.07) is 2.18. The van der Waals surface area contributed by atoms with Gasteiger partial charge in [-0.2, -0.15) is 13.2 Å². The number of aliphatic carboxylic acids is 1. The van der Waals surface area contributed by atoms with Gasteiger partial charge in [0.25, 0.3) is 5.91 Å². The number of benzene rings is 1. The van der Waals surface area contributed by atoms with E-state index >= 15 is 0 Å². The number of hydrogen-bond acceptors (Lipinski definition) is 2. The maximum Gasteiger partial charge on any atom is 0.416 e. The molecule has 1 aliphatic carbocycles. The lowest BCUT2D eigenvalue weighted by molar-refractivity contribution is -0.145. The van der Waals surface area contributed by atoms with Crippen LogP contribution in [-0.2, 0) is 11.0 Å². The van der Waals surface area contributed by atoms with Gasteiger partial charge in [-0.1, -0.05) is 11.6 Å². The molecule has 1 fully saturated rings. The average Bonchev–Trinajstić information content (AvgIpc) is 2.31. The van der Waals surface area contributed by atoms with E-state index in [9.17, 15) is 22.8 Å². The minimum Gasteiger partial charge on any atom is -0.481 e. The van der Waals surface area contributed by atoms with Crippen LogP contribution in [0.15, 0.2) is 18.2 Å². The zero-order chi connectivity index (χ0) is 15.8.